The van der Waals surface area contributed by atoms with Gasteiger partial charge in [0.1, 0.15) is 11.4 Å². The predicted octanol–water partition coefficient (Wildman–Crippen LogP) is 2.22. The minimum absolute atomic E-state index is 0.0806. The third-order valence-electron chi connectivity index (χ3n) is 3.17. The standard InChI is InChI=1S/C14H21NO3/c1-11-6-7-14(13(10-16)15-11)18-9-3-5-12-4-2-8-17-12/h6-7,12,16H,2-5,8-10H2,1H3. The van der Waals surface area contributed by atoms with Crippen LogP contribution in [0.4, 0.5) is 0 Å². The molecular formula is C14H21NO3. The first-order valence-corrected chi connectivity index (χ1v) is 6.61. The topological polar surface area (TPSA) is 51.6 Å². The molecule has 1 fully saturated rings. The van der Waals surface area contributed by atoms with Crippen LogP contribution in [0.3, 0.4) is 0 Å². The molecule has 0 radical (unpaired) electrons. The van der Waals surface area contributed by atoms with E-state index in [-0.39, 0.29) is 6.61 Å². The summed E-state index contributed by atoms with van der Waals surface area (Å²) in [5.74, 6) is 0.690. The fourth-order valence-corrected chi connectivity index (χ4v) is 2.21. The summed E-state index contributed by atoms with van der Waals surface area (Å²) in [6.07, 6.45) is 4.80. The van der Waals surface area contributed by atoms with Gasteiger partial charge in [-0.1, -0.05) is 0 Å². The van der Waals surface area contributed by atoms with Crippen molar-refractivity contribution in [3.63, 3.8) is 0 Å². The van der Waals surface area contributed by atoms with Gasteiger partial charge in [-0.05, 0) is 44.7 Å². The monoisotopic (exact) mass is 251 g/mol. The minimum atomic E-state index is -0.0806. The first kappa shape index (κ1) is 13.3. The highest BCUT2D eigenvalue weighted by Gasteiger charge is 2.14. The number of ether oxygens (including phenoxy) is 2. The molecular weight excluding hydrogens is 230 g/mol. The SMILES string of the molecule is Cc1ccc(OCCCC2CCCO2)c(CO)n1. The van der Waals surface area contributed by atoms with Gasteiger partial charge in [-0.15, -0.1) is 0 Å². The zero-order chi connectivity index (χ0) is 12.8. The van der Waals surface area contributed by atoms with Crippen LogP contribution in [0, 0.1) is 6.92 Å². The van der Waals surface area contributed by atoms with Gasteiger partial charge >= 0.3 is 0 Å². The Labute approximate surface area is 108 Å². The van der Waals surface area contributed by atoms with Crippen LogP contribution in [-0.4, -0.2) is 29.4 Å². The van der Waals surface area contributed by atoms with E-state index in [2.05, 4.69) is 4.98 Å². The Bertz CT molecular complexity index is 375. The summed E-state index contributed by atoms with van der Waals surface area (Å²) in [6.45, 7) is 3.38. The highest BCUT2D eigenvalue weighted by atomic mass is 16.5. The third kappa shape index (κ3) is 3.68. The van der Waals surface area contributed by atoms with E-state index in [9.17, 15) is 5.11 Å². The summed E-state index contributed by atoms with van der Waals surface area (Å²) in [4.78, 5) is 4.25. The van der Waals surface area contributed by atoms with E-state index in [1.807, 2.05) is 19.1 Å². The van der Waals surface area contributed by atoms with E-state index in [0.29, 0.717) is 24.2 Å². The molecule has 1 atom stereocenters. The van der Waals surface area contributed by atoms with Crippen molar-refractivity contribution in [3.8, 4) is 5.75 Å². The fourth-order valence-electron chi connectivity index (χ4n) is 2.21. The van der Waals surface area contributed by atoms with E-state index < -0.39 is 0 Å². The number of aliphatic hydroxyl groups excluding tert-OH is 1. The van der Waals surface area contributed by atoms with Crippen molar-refractivity contribution in [2.24, 2.45) is 0 Å². The molecule has 4 nitrogen and oxygen atoms in total. The van der Waals surface area contributed by atoms with Crippen LogP contribution in [0.2, 0.25) is 0 Å². The van der Waals surface area contributed by atoms with Crippen molar-refractivity contribution in [1.82, 2.24) is 4.98 Å². The Kier molecular flexibility index (Phi) is 4.96. The lowest BCUT2D eigenvalue weighted by Gasteiger charge is -2.12. The van der Waals surface area contributed by atoms with E-state index in [1.54, 1.807) is 0 Å². The normalized spacial score (nSPS) is 19.1. The summed E-state index contributed by atoms with van der Waals surface area (Å²) in [6, 6.07) is 3.77. The van der Waals surface area contributed by atoms with Crippen molar-refractivity contribution in [1.29, 1.82) is 0 Å². The molecule has 0 amide bonds. The molecule has 100 valence electrons. The van der Waals surface area contributed by atoms with Crippen LogP contribution < -0.4 is 4.74 Å². The highest BCUT2D eigenvalue weighted by molar-refractivity contribution is 5.28. The number of aromatic nitrogens is 1. The molecule has 1 aromatic rings. The van der Waals surface area contributed by atoms with Gasteiger partial charge in [-0.25, -0.2) is 0 Å². The molecule has 18 heavy (non-hydrogen) atoms. The molecule has 0 bridgehead atoms. The maximum absolute atomic E-state index is 9.21. The van der Waals surface area contributed by atoms with E-state index >= 15 is 0 Å². The van der Waals surface area contributed by atoms with Crippen LogP contribution in [0.15, 0.2) is 12.1 Å². The van der Waals surface area contributed by atoms with Gasteiger partial charge < -0.3 is 14.6 Å². The summed E-state index contributed by atoms with van der Waals surface area (Å²) >= 11 is 0. The molecule has 1 N–H and O–H groups in total. The Hall–Kier alpha value is -1.13. The van der Waals surface area contributed by atoms with E-state index in [1.165, 1.54) is 12.8 Å². The number of hydrogen-bond acceptors (Lipinski definition) is 4. The summed E-state index contributed by atoms with van der Waals surface area (Å²) in [5.41, 5.74) is 1.51. The second-order valence-electron chi connectivity index (χ2n) is 4.68. The van der Waals surface area contributed by atoms with Crippen molar-refractivity contribution in [2.45, 2.75) is 45.3 Å². The van der Waals surface area contributed by atoms with Gasteiger partial charge in [-0.2, -0.15) is 0 Å². The number of nitrogens with zero attached hydrogens (tertiary/aromatic N) is 1. The maximum atomic E-state index is 9.21. The van der Waals surface area contributed by atoms with Gasteiger partial charge in [0, 0.05) is 12.3 Å². The molecule has 2 heterocycles. The van der Waals surface area contributed by atoms with Gasteiger partial charge in [-0.3, -0.25) is 4.98 Å². The Morgan fingerprint density at radius 1 is 1.50 bits per heavy atom. The lowest BCUT2D eigenvalue weighted by atomic mass is 10.1. The fraction of sp³-hybridized carbons (Fsp3) is 0.643. The molecule has 1 aromatic heterocycles. The molecule has 0 spiro atoms. The van der Waals surface area contributed by atoms with E-state index in [4.69, 9.17) is 9.47 Å². The average Bonchev–Trinajstić information content (AvgIpc) is 2.89. The molecule has 1 aliphatic rings. The number of pyridine rings is 1. The Morgan fingerprint density at radius 2 is 2.39 bits per heavy atom. The number of hydrogen-bond donors (Lipinski definition) is 1. The zero-order valence-corrected chi connectivity index (χ0v) is 10.9. The number of aryl methyl sites for hydroxylation is 1. The zero-order valence-electron chi connectivity index (χ0n) is 10.9. The molecule has 2 rings (SSSR count). The second-order valence-corrected chi connectivity index (χ2v) is 4.68. The molecule has 4 heteroatoms. The second kappa shape index (κ2) is 6.71. The van der Waals surface area contributed by atoms with Crippen LogP contribution in [0.25, 0.3) is 0 Å². The maximum Gasteiger partial charge on any atom is 0.143 e. The molecule has 1 unspecified atom stereocenters. The molecule has 1 aliphatic heterocycles. The first-order valence-electron chi connectivity index (χ1n) is 6.61. The van der Waals surface area contributed by atoms with Crippen LogP contribution in [-0.2, 0) is 11.3 Å². The van der Waals surface area contributed by atoms with Crippen molar-refractivity contribution >= 4 is 0 Å². The van der Waals surface area contributed by atoms with E-state index in [0.717, 1.165) is 25.1 Å². The Balaban J connectivity index is 1.75. The van der Waals surface area contributed by atoms with Crippen LogP contribution in [0.1, 0.15) is 37.1 Å². The largest absolute Gasteiger partial charge is 0.492 e. The predicted molar refractivity (Wildman–Crippen MR) is 68.6 cm³/mol. The molecule has 0 aromatic carbocycles. The molecule has 0 saturated carbocycles. The van der Waals surface area contributed by atoms with Gasteiger partial charge in [0.15, 0.2) is 0 Å². The molecule has 1 saturated heterocycles. The first-order chi connectivity index (χ1) is 8.79. The number of aliphatic hydroxyl groups is 1. The van der Waals surface area contributed by atoms with Crippen LogP contribution in [0.5, 0.6) is 5.75 Å². The minimum Gasteiger partial charge on any atom is -0.492 e. The summed E-state index contributed by atoms with van der Waals surface area (Å²) < 4.78 is 11.2. The highest BCUT2D eigenvalue weighted by Crippen LogP contribution is 2.19. The van der Waals surface area contributed by atoms with Gasteiger partial charge in [0.25, 0.3) is 0 Å². The van der Waals surface area contributed by atoms with Crippen LogP contribution >= 0.6 is 0 Å². The quantitative estimate of drug-likeness (QED) is 0.788. The smallest absolute Gasteiger partial charge is 0.143 e. The Morgan fingerprint density at radius 3 is 3.11 bits per heavy atom. The third-order valence-corrected chi connectivity index (χ3v) is 3.17. The molecule has 0 aliphatic carbocycles. The van der Waals surface area contributed by atoms with Gasteiger partial charge in [0.2, 0.25) is 0 Å². The summed E-state index contributed by atoms with van der Waals surface area (Å²) in [7, 11) is 0. The number of rotatable bonds is 6. The van der Waals surface area contributed by atoms with Crippen molar-refractivity contribution in [2.75, 3.05) is 13.2 Å². The van der Waals surface area contributed by atoms with Gasteiger partial charge in [0.05, 0.1) is 19.3 Å². The lowest BCUT2D eigenvalue weighted by Crippen LogP contribution is -2.08. The van der Waals surface area contributed by atoms with Crippen molar-refractivity contribution in [3.05, 3.63) is 23.5 Å². The lowest BCUT2D eigenvalue weighted by molar-refractivity contribution is 0.0979. The summed E-state index contributed by atoms with van der Waals surface area (Å²) in [5, 5.41) is 9.21. The average molecular weight is 251 g/mol. The van der Waals surface area contributed by atoms with Crippen molar-refractivity contribution < 1.29 is 14.6 Å².